The number of carbonyl (C=O) groups is 1. The minimum Gasteiger partial charge on any atom is -0.289 e. The Morgan fingerprint density at radius 2 is 1.48 bits per heavy atom. The minimum atomic E-state index is -3.71. The van der Waals surface area contributed by atoms with Gasteiger partial charge in [0.1, 0.15) is 0 Å². The molecule has 0 saturated carbocycles. The molecule has 136 valence electrons. The van der Waals surface area contributed by atoms with Crippen LogP contribution in [0.4, 0.5) is 5.69 Å². The molecule has 0 heterocycles. The number of ketones is 1. The van der Waals surface area contributed by atoms with Gasteiger partial charge in [-0.05, 0) is 42.8 Å². The van der Waals surface area contributed by atoms with Crippen molar-refractivity contribution in [3.63, 3.8) is 0 Å². The normalized spacial score (nSPS) is 11.4. The highest BCUT2D eigenvalue weighted by molar-refractivity contribution is 7.92. The van der Waals surface area contributed by atoms with Crippen LogP contribution >= 0.6 is 0 Å². The Morgan fingerprint density at radius 3 is 2.19 bits per heavy atom. The van der Waals surface area contributed by atoms with Crippen LogP contribution in [-0.2, 0) is 10.0 Å². The Labute approximate surface area is 159 Å². The summed E-state index contributed by atoms with van der Waals surface area (Å²) in [6, 6.07) is 22.5. The monoisotopic (exact) mass is 377 g/mol. The van der Waals surface area contributed by atoms with Crippen LogP contribution in [0, 0.1) is 6.92 Å². The van der Waals surface area contributed by atoms with Crippen LogP contribution in [0.1, 0.15) is 21.5 Å². The number of sulfonamides is 1. The summed E-state index contributed by atoms with van der Waals surface area (Å²) in [5.41, 5.74) is 2.58. The number of allylic oxidation sites excluding steroid dienone is 1. The number of carbonyl (C=O) groups excluding carboxylic acids is 1. The van der Waals surface area contributed by atoms with Crippen LogP contribution in [-0.4, -0.2) is 14.2 Å². The highest BCUT2D eigenvalue weighted by Crippen LogP contribution is 2.22. The topological polar surface area (TPSA) is 63.2 Å². The first kappa shape index (κ1) is 18.6. The van der Waals surface area contributed by atoms with Crippen molar-refractivity contribution in [1.82, 2.24) is 0 Å². The molecule has 0 atom stereocenters. The molecule has 3 aromatic carbocycles. The van der Waals surface area contributed by atoms with Crippen LogP contribution in [0.15, 0.2) is 89.8 Å². The third-order valence-corrected chi connectivity index (χ3v) is 5.39. The van der Waals surface area contributed by atoms with Crippen LogP contribution in [0.25, 0.3) is 6.08 Å². The molecular weight excluding hydrogens is 358 g/mol. The fourth-order valence-corrected chi connectivity index (χ4v) is 3.61. The lowest BCUT2D eigenvalue weighted by atomic mass is 10.1. The van der Waals surface area contributed by atoms with Crippen LogP contribution in [0.3, 0.4) is 0 Å². The predicted molar refractivity (Wildman–Crippen MR) is 108 cm³/mol. The van der Waals surface area contributed by atoms with E-state index in [0.29, 0.717) is 16.8 Å². The molecule has 4 nitrogen and oxygen atoms in total. The predicted octanol–water partition coefficient (Wildman–Crippen LogP) is 4.69. The molecule has 3 aromatic rings. The van der Waals surface area contributed by atoms with E-state index >= 15 is 0 Å². The van der Waals surface area contributed by atoms with Gasteiger partial charge in [-0.25, -0.2) is 8.42 Å². The van der Waals surface area contributed by atoms with Crippen molar-refractivity contribution in [2.45, 2.75) is 11.8 Å². The number of aryl methyl sites for hydroxylation is 1. The first-order chi connectivity index (χ1) is 13.0. The Kier molecular flexibility index (Phi) is 5.52. The van der Waals surface area contributed by atoms with E-state index in [1.165, 1.54) is 6.08 Å². The number of hydrogen-bond donors (Lipinski definition) is 1. The second-order valence-corrected chi connectivity index (χ2v) is 7.75. The van der Waals surface area contributed by atoms with E-state index in [4.69, 9.17) is 0 Å². The van der Waals surface area contributed by atoms with Crippen LogP contribution in [0.5, 0.6) is 0 Å². The van der Waals surface area contributed by atoms with Crippen molar-refractivity contribution < 1.29 is 13.2 Å². The largest absolute Gasteiger partial charge is 0.289 e. The number of hydrogen-bond acceptors (Lipinski definition) is 3. The van der Waals surface area contributed by atoms with Gasteiger partial charge in [0, 0.05) is 5.56 Å². The Hall–Kier alpha value is -3.18. The summed E-state index contributed by atoms with van der Waals surface area (Å²) in [5, 5.41) is 0. The zero-order valence-electron chi connectivity index (χ0n) is 14.8. The number of nitrogens with one attached hydrogen (secondary N) is 1. The Morgan fingerprint density at radius 1 is 0.852 bits per heavy atom. The molecule has 0 aliphatic carbocycles. The summed E-state index contributed by atoms with van der Waals surface area (Å²) in [7, 11) is -3.71. The molecule has 1 N–H and O–H groups in total. The third kappa shape index (κ3) is 4.71. The first-order valence-electron chi connectivity index (χ1n) is 8.42. The van der Waals surface area contributed by atoms with Crippen molar-refractivity contribution in [2.75, 3.05) is 4.72 Å². The van der Waals surface area contributed by atoms with Gasteiger partial charge in [0.2, 0.25) is 0 Å². The summed E-state index contributed by atoms with van der Waals surface area (Å²) < 4.78 is 27.8. The summed E-state index contributed by atoms with van der Waals surface area (Å²) in [6.45, 7) is 1.90. The maximum absolute atomic E-state index is 12.6. The van der Waals surface area contributed by atoms with E-state index < -0.39 is 10.0 Å². The average molecular weight is 377 g/mol. The lowest BCUT2D eigenvalue weighted by molar-refractivity contribution is 0.104. The van der Waals surface area contributed by atoms with Crippen LogP contribution in [0.2, 0.25) is 0 Å². The summed E-state index contributed by atoms with van der Waals surface area (Å²) in [5.74, 6) is -0.146. The van der Waals surface area contributed by atoms with E-state index in [1.807, 2.05) is 13.0 Å². The minimum absolute atomic E-state index is 0.146. The number of benzene rings is 3. The molecule has 0 fully saturated rings. The van der Waals surface area contributed by atoms with Crippen molar-refractivity contribution in [2.24, 2.45) is 0 Å². The van der Waals surface area contributed by atoms with Crippen molar-refractivity contribution in [3.8, 4) is 0 Å². The molecule has 0 amide bonds. The first-order valence-corrected chi connectivity index (χ1v) is 9.90. The SMILES string of the molecule is Cc1ccc(S(=O)(=O)Nc2ccccc2C=CC(=O)c2ccccc2)cc1. The second-order valence-electron chi connectivity index (χ2n) is 6.07. The van der Waals surface area contributed by atoms with E-state index in [1.54, 1.807) is 78.9 Å². The van der Waals surface area contributed by atoms with Gasteiger partial charge < -0.3 is 0 Å². The maximum atomic E-state index is 12.6. The fourth-order valence-electron chi connectivity index (χ4n) is 2.52. The second kappa shape index (κ2) is 8.01. The maximum Gasteiger partial charge on any atom is 0.261 e. The highest BCUT2D eigenvalue weighted by atomic mass is 32.2. The molecule has 0 spiro atoms. The molecular formula is C22H19NO3S. The summed E-state index contributed by atoms with van der Waals surface area (Å²) in [6.07, 6.45) is 3.05. The molecule has 27 heavy (non-hydrogen) atoms. The number of rotatable bonds is 6. The zero-order valence-corrected chi connectivity index (χ0v) is 15.6. The van der Waals surface area contributed by atoms with E-state index in [2.05, 4.69) is 4.72 Å². The Balaban J connectivity index is 1.85. The number of para-hydroxylation sites is 1. The zero-order chi connectivity index (χ0) is 19.3. The van der Waals surface area contributed by atoms with Gasteiger partial charge >= 0.3 is 0 Å². The summed E-state index contributed by atoms with van der Waals surface area (Å²) in [4.78, 5) is 12.4. The van der Waals surface area contributed by atoms with Gasteiger partial charge in [-0.3, -0.25) is 9.52 Å². The van der Waals surface area contributed by atoms with Crippen molar-refractivity contribution in [1.29, 1.82) is 0 Å². The van der Waals surface area contributed by atoms with Gasteiger partial charge in [-0.1, -0.05) is 66.2 Å². The molecule has 0 saturated heterocycles. The fraction of sp³-hybridized carbons (Fsp3) is 0.0455. The van der Waals surface area contributed by atoms with Crippen LogP contribution < -0.4 is 4.72 Å². The smallest absolute Gasteiger partial charge is 0.261 e. The third-order valence-electron chi connectivity index (χ3n) is 4.01. The van der Waals surface area contributed by atoms with Crippen molar-refractivity contribution in [3.05, 3.63) is 102 Å². The molecule has 0 radical (unpaired) electrons. The lowest BCUT2D eigenvalue weighted by Gasteiger charge is -2.11. The van der Waals surface area contributed by atoms with Gasteiger partial charge in [-0.15, -0.1) is 0 Å². The Bertz CT molecular complexity index is 1070. The molecule has 0 unspecified atom stereocenters. The van der Waals surface area contributed by atoms with Gasteiger partial charge in [0.25, 0.3) is 10.0 Å². The number of anilines is 1. The lowest BCUT2D eigenvalue weighted by Crippen LogP contribution is -2.13. The molecule has 0 aromatic heterocycles. The highest BCUT2D eigenvalue weighted by Gasteiger charge is 2.15. The molecule has 0 bridgehead atoms. The standard InChI is InChI=1S/C22H19NO3S/c1-17-11-14-20(15-12-17)27(25,26)23-21-10-6-5-7-18(21)13-16-22(24)19-8-3-2-4-9-19/h2-16,23H,1H3. The molecule has 3 rings (SSSR count). The van der Waals surface area contributed by atoms with E-state index in [9.17, 15) is 13.2 Å². The van der Waals surface area contributed by atoms with Crippen molar-refractivity contribution >= 4 is 27.6 Å². The van der Waals surface area contributed by atoms with E-state index in [0.717, 1.165) is 5.56 Å². The quantitative estimate of drug-likeness (QED) is 0.501. The van der Waals surface area contributed by atoms with Gasteiger partial charge in [0.15, 0.2) is 5.78 Å². The molecule has 5 heteroatoms. The van der Waals surface area contributed by atoms with Gasteiger partial charge in [0.05, 0.1) is 10.6 Å². The molecule has 0 aliphatic heterocycles. The average Bonchev–Trinajstić information content (AvgIpc) is 2.68. The summed E-state index contributed by atoms with van der Waals surface area (Å²) >= 11 is 0. The molecule has 0 aliphatic rings. The van der Waals surface area contributed by atoms with E-state index in [-0.39, 0.29) is 10.7 Å². The van der Waals surface area contributed by atoms with Gasteiger partial charge in [-0.2, -0.15) is 0 Å².